The van der Waals surface area contributed by atoms with Crippen LogP contribution in [0.4, 0.5) is 5.69 Å². The Balaban J connectivity index is 2.09. The summed E-state index contributed by atoms with van der Waals surface area (Å²) >= 11 is 0. The zero-order chi connectivity index (χ0) is 13.1. The summed E-state index contributed by atoms with van der Waals surface area (Å²) in [5.41, 5.74) is 3.29. The van der Waals surface area contributed by atoms with E-state index in [1.165, 1.54) is 11.1 Å². The Morgan fingerprint density at radius 3 is 2.72 bits per heavy atom. The number of aliphatic carboxylic acids is 1. The van der Waals surface area contributed by atoms with Gasteiger partial charge in [-0.15, -0.1) is 0 Å². The maximum Gasteiger partial charge on any atom is 0.316 e. The molecule has 1 aliphatic carbocycles. The number of carbonyl (C=O) groups excluding carboxylic acids is 1. The molecule has 0 aromatic heterocycles. The first kappa shape index (κ1) is 12.6. The highest BCUT2D eigenvalue weighted by Gasteiger charge is 2.24. The van der Waals surface area contributed by atoms with E-state index in [0.29, 0.717) is 12.1 Å². The van der Waals surface area contributed by atoms with Crippen LogP contribution < -0.4 is 5.32 Å². The first-order valence-electron chi connectivity index (χ1n) is 6.27. The van der Waals surface area contributed by atoms with Gasteiger partial charge in [0.25, 0.3) is 0 Å². The average molecular weight is 247 g/mol. The Morgan fingerprint density at radius 1 is 1.33 bits per heavy atom. The van der Waals surface area contributed by atoms with Gasteiger partial charge in [-0.25, -0.2) is 0 Å². The number of benzene rings is 1. The van der Waals surface area contributed by atoms with Gasteiger partial charge in [0.2, 0.25) is 5.91 Å². The topological polar surface area (TPSA) is 66.4 Å². The van der Waals surface area contributed by atoms with Crippen LogP contribution in [0.2, 0.25) is 0 Å². The molecule has 0 saturated heterocycles. The molecule has 1 atom stereocenters. The van der Waals surface area contributed by atoms with Crippen LogP contribution in [0.15, 0.2) is 18.2 Å². The van der Waals surface area contributed by atoms with E-state index in [1.54, 1.807) is 6.92 Å². The molecule has 0 bridgehead atoms. The van der Waals surface area contributed by atoms with E-state index in [2.05, 4.69) is 5.32 Å². The number of rotatable bonds is 4. The summed E-state index contributed by atoms with van der Waals surface area (Å²) in [5.74, 6) is -2.49. The van der Waals surface area contributed by atoms with Crippen LogP contribution in [0.1, 0.15) is 30.9 Å². The minimum Gasteiger partial charge on any atom is -0.481 e. The summed E-state index contributed by atoms with van der Waals surface area (Å²) in [4.78, 5) is 22.7. The summed E-state index contributed by atoms with van der Waals surface area (Å²) < 4.78 is 0. The molecule has 1 aromatic carbocycles. The second-order valence-electron chi connectivity index (χ2n) is 4.63. The Kier molecular flexibility index (Phi) is 3.65. The Hall–Kier alpha value is -1.84. The van der Waals surface area contributed by atoms with Gasteiger partial charge in [0.05, 0.1) is 0 Å². The number of anilines is 1. The molecular weight excluding hydrogens is 230 g/mol. The molecule has 1 aliphatic rings. The number of amides is 1. The van der Waals surface area contributed by atoms with Crippen molar-refractivity contribution in [2.75, 3.05) is 5.32 Å². The van der Waals surface area contributed by atoms with Crippen LogP contribution in [0.25, 0.3) is 0 Å². The smallest absolute Gasteiger partial charge is 0.316 e. The number of aryl methyl sites for hydroxylation is 2. The molecule has 0 aliphatic heterocycles. The molecule has 0 fully saturated rings. The molecule has 4 heteroatoms. The highest BCUT2D eigenvalue weighted by Crippen LogP contribution is 2.25. The van der Waals surface area contributed by atoms with E-state index in [0.717, 1.165) is 19.3 Å². The number of carboxylic acids is 1. The Bertz CT molecular complexity index is 482. The maximum atomic E-state index is 11.8. The van der Waals surface area contributed by atoms with Gasteiger partial charge >= 0.3 is 5.97 Å². The summed E-state index contributed by atoms with van der Waals surface area (Å²) in [6.45, 7) is 1.70. The third-order valence-electron chi connectivity index (χ3n) is 3.39. The molecule has 96 valence electrons. The van der Waals surface area contributed by atoms with Crippen LogP contribution in [-0.2, 0) is 22.4 Å². The van der Waals surface area contributed by atoms with Crippen molar-refractivity contribution in [3.05, 3.63) is 29.3 Å². The highest BCUT2D eigenvalue weighted by atomic mass is 16.4. The summed E-state index contributed by atoms with van der Waals surface area (Å²) in [6.07, 6.45) is 3.58. The van der Waals surface area contributed by atoms with Crippen molar-refractivity contribution in [1.29, 1.82) is 0 Å². The minimum absolute atomic E-state index is 0.298. The fraction of sp³-hybridized carbons (Fsp3) is 0.429. The van der Waals surface area contributed by atoms with Crippen LogP contribution in [-0.4, -0.2) is 17.0 Å². The van der Waals surface area contributed by atoms with Gasteiger partial charge in [-0.2, -0.15) is 0 Å². The summed E-state index contributed by atoms with van der Waals surface area (Å²) in [6, 6.07) is 5.81. The predicted molar refractivity (Wildman–Crippen MR) is 68.5 cm³/mol. The largest absolute Gasteiger partial charge is 0.481 e. The van der Waals surface area contributed by atoms with Crippen LogP contribution in [0, 0.1) is 5.92 Å². The van der Waals surface area contributed by atoms with Crippen LogP contribution in [0.5, 0.6) is 0 Å². The average Bonchev–Trinajstić information content (AvgIpc) is 2.76. The molecule has 0 radical (unpaired) electrons. The fourth-order valence-electron chi connectivity index (χ4n) is 2.35. The number of nitrogens with one attached hydrogen (secondary N) is 1. The molecule has 2 N–H and O–H groups in total. The standard InChI is InChI=1S/C14H17NO3/c1-2-12(14(17)18)13(16)15-11-7-6-9-4-3-5-10(9)8-11/h6-8,12H,2-5H2,1H3,(H,15,16)(H,17,18). The molecule has 4 nitrogen and oxygen atoms in total. The number of hydrogen-bond donors (Lipinski definition) is 2. The first-order chi connectivity index (χ1) is 8.61. The van der Waals surface area contributed by atoms with E-state index in [4.69, 9.17) is 5.11 Å². The van der Waals surface area contributed by atoms with Crippen molar-refractivity contribution in [2.24, 2.45) is 5.92 Å². The molecule has 1 amide bonds. The lowest BCUT2D eigenvalue weighted by Crippen LogP contribution is -2.28. The van der Waals surface area contributed by atoms with Gasteiger partial charge in [0, 0.05) is 5.69 Å². The SMILES string of the molecule is CCC(C(=O)O)C(=O)Nc1ccc2c(c1)CCC2. The van der Waals surface area contributed by atoms with Crippen molar-refractivity contribution >= 4 is 17.6 Å². The second-order valence-corrected chi connectivity index (χ2v) is 4.63. The third kappa shape index (κ3) is 2.53. The number of carboxylic acid groups (broad SMARTS) is 1. The van der Waals surface area contributed by atoms with Gasteiger partial charge in [-0.3, -0.25) is 9.59 Å². The van der Waals surface area contributed by atoms with Gasteiger partial charge in [0.1, 0.15) is 5.92 Å². The molecule has 0 saturated carbocycles. The molecule has 1 aromatic rings. The summed E-state index contributed by atoms with van der Waals surface area (Å²) in [7, 11) is 0. The molecule has 0 heterocycles. The van der Waals surface area contributed by atoms with E-state index in [9.17, 15) is 9.59 Å². The predicted octanol–water partition coefficient (Wildman–Crippen LogP) is 2.22. The van der Waals surface area contributed by atoms with E-state index >= 15 is 0 Å². The Morgan fingerprint density at radius 2 is 2.06 bits per heavy atom. The number of hydrogen-bond acceptors (Lipinski definition) is 2. The van der Waals surface area contributed by atoms with Crippen LogP contribution >= 0.6 is 0 Å². The quantitative estimate of drug-likeness (QED) is 0.802. The normalized spacial score (nSPS) is 14.9. The third-order valence-corrected chi connectivity index (χ3v) is 3.39. The summed E-state index contributed by atoms with van der Waals surface area (Å²) in [5, 5.41) is 11.6. The molecule has 0 spiro atoms. The zero-order valence-electron chi connectivity index (χ0n) is 10.4. The van der Waals surface area contributed by atoms with Crippen molar-refractivity contribution in [3.63, 3.8) is 0 Å². The van der Waals surface area contributed by atoms with Crippen molar-refractivity contribution < 1.29 is 14.7 Å². The van der Waals surface area contributed by atoms with E-state index in [1.807, 2.05) is 18.2 Å². The zero-order valence-corrected chi connectivity index (χ0v) is 10.4. The van der Waals surface area contributed by atoms with Gasteiger partial charge < -0.3 is 10.4 Å². The molecule has 1 unspecified atom stereocenters. The number of fused-ring (bicyclic) bond motifs is 1. The maximum absolute atomic E-state index is 11.8. The first-order valence-corrected chi connectivity index (χ1v) is 6.27. The monoisotopic (exact) mass is 247 g/mol. The van der Waals surface area contributed by atoms with Crippen LogP contribution in [0.3, 0.4) is 0 Å². The van der Waals surface area contributed by atoms with Crippen molar-refractivity contribution in [2.45, 2.75) is 32.6 Å². The molecule has 2 rings (SSSR count). The van der Waals surface area contributed by atoms with Gasteiger partial charge in [-0.1, -0.05) is 13.0 Å². The molecular formula is C14H17NO3. The lowest BCUT2D eigenvalue weighted by molar-refractivity contribution is -0.145. The second kappa shape index (κ2) is 5.21. The van der Waals surface area contributed by atoms with Gasteiger partial charge in [0.15, 0.2) is 0 Å². The van der Waals surface area contributed by atoms with E-state index < -0.39 is 17.8 Å². The number of carbonyl (C=O) groups is 2. The minimum atomic E-state index is -1.07. The lowest BCUT2D eigenvalue weighted by Gasteiger charge is -2.11. The lowest BCUT2D eigenvalue weighted by atomic mass is 10.1. The van der Waals surface area contributed by atoms with Crippen molar-refractivity contribution in [1.82, 2.24) is 0 Å². The Labute approximate surface area is 106 Å². The highest BCUT2D eigenvalue weighted by molar-refractivity contribution is 6.04. The van der Waals surface area contributed by atoms with Gasteiger partial charge in [-0.05, 0) is 48.9 Å². The molecule has 18 heavy (non-hydrogen) atoms. The fourth-order valence-corrected chi connectivity index (χ4v) is 2.35. The van der Waals surface area contributed by atoms with E-state index in [-0.39, 0.29) is 0 Å². The van der Waals surface area contributed by atoms with Crippen molar-refractivity contribution in [3.8, 4) is 0 Å².